The molecule has 1 aromatic carbocycles. The quantitative estimate of drug-likeness (QED) is 0.786. The van der Waals surface area contributed by atoms with E-state index in [0.29, 0.717) is 11.5 Å². The third-order valence-corrected chi connectivity index (χ3v) is 2.61. The van der Waals surface area contributed by atoms with Gasteiger partial charge in [0.1, 0.15) is 12.2 Å². The molecular weight excluding hydrogens is 218 g/mol. The van der Waals surface area contributed by atoms with Crippen molar-refractivity contribution in [2.24, 2.45) is 5.73 Å². The first-order valence-electron chi connectivity index (χ1n) is 5.74. The molecule has 0 aliphatic carbocycles. The molecule has 0 aliphatic rings. The van der Waals surface area contributed by atoms with Crippen molar-refractivity contribution in [3.8, 4) is 11.5 Å². The van der Waals surface area contributed by atoms with Gasteiger partial charge in [-0.25, -0.2) is 0 Å². The molecule has 0 radical (unpaired) electrons. The molecule has 0 bridgehead atoms. The number of benzene rings is 1. The van der Waals surface area contributed by atoms with Gasteiger partial charge in [-0.15, -0.1) is 0 Å². The Morgan fingerprint density at radius 3 is 2.59 bits per heavy atom. The highest BCUT2D eigenvalue weighted by Gasteiger charge is 2.19. The van der Waals surface area contributed by atoms with E-state index < -0.39 is 5.60 Å². The van der Waals surface area contributed by atoms with Crippen molar-refractivity contribution in [1.82, 2.24) is 0 Å². The Morgan fingerprint density at radius 1 is 1.35 bits per heavy atom. The Bertz CT molecular complexity index is 364. The maximum absolute atomic E-state index is 9.76. The fourth-order valence-electron chi connectivity index (χ4n) is 1.34. The van der Waals surface area contributed by atoms with Crippen molar-refractivity contribution in [3.63, 3.8) is 0 Å². The van der Waals surface area contributed by atoms with Gasteiger partial charge < -0.3 is 20.3 Å². The summed E-state index contributed by atoms with van der Waals surface area (Å²) in [6.07, 6.45) is 0.942. The molecule has 17 heavy (non-hydrogen) atoms. The molecule has 4 heteroatoms. The van der Waals surface area contributed by atoms with Gasteiger partial charge in [0.25, 0.3) is 0 Å². The van der Waals surface area contributed by atoms with E-state index in [1.54, 1.807) is 14.0 Å². The Labute approximate surface area is 102 Å². The number of hydrogen-bond donors (Lipinski definition) is 2. The van der Waals surface area contributed by atoms with E-state index in [9.17, 15) is 5.11 Å². The predicted molar refractivity (Wildman–Crippen MR) is 67.5 cm³/mol. The minimum Gasteiger partial charge on any atom is -0.493 e. The van der Waals surface area contributed by atoms with E-state index in [2.05, 4.69) is 6.92 Å². The van der Waals surface area contributed by atoms with Crippen LogP contribution in [0.1, 0.15) is 19.4 Å². The lowest BCUT2D eigenvalue weighted by Gasteiger charge is -2.22. The second-order valence-corrected chi connectivity index (χ2v) is 4.33. The lowest BCUT2D eigenvalue weighted by atomic mass is 10.1. The summed E-state index contributed by atoms with van der Waals surface area (Å²) in [5, 5.41) is 9.76. The first kappa shape index (κ1) is 13.8. The third kappa shape index (κ3) is 3.91. The molecule has 1 atom stereocenters. The molecule has 0 heterocycles. The predicted octanol–water partition coefficient (Wildman–Crippen LogP) is 1.35. The van der Waals surface area contributed by atoms with Crippen LogP contribution in [-0.4, -0.2) is 31.0 Å². The Kier molecular flexibility index (Phi) is 4.78. The average Bonchev–Trinajstić information content (AvgIpc) is 2.36. The highest BCUT2D eigenvalue weighted by molar-refractivity contribution is 5.43. The average molecular weight is 239 g/mol. The van der Waals surface area contributed by atoms with Crippen LogP contribution in [0.4, 0.5) is 0 Å². The summed E-state index contributed by atoms with van der Waals surface area (Å²) in [4.78, 5) is 0. The minimum atomic E-state index is -1.02. The maximum atomic E-state index is 9.76. The molecule has 4 nitrogen and oxygen atoms in total. The van der Waals surface area contributed by atoms with Crippen molar-refractivity contribution < 1.29 is 14.6 Å². The summed E-state index contributed by atoms with van der Waals surface area (Å²) in [5.41, 5.74) is 5.59. The number of nitrogens with two attached hydrogens (primary N) is 1. The topological polar surface area (TPSA) is 64.7 Å². The summed E-state index contributed by atoms with van der Waals surface area (Å²) in [6, 6.07) is 5.77. The molecule has 0 spiro atoms. The zero-order valence-corrected chi connectivity index (χ0v) is 10.7. The molecule has 1 unspecified atom stereocenters. The van der Waals surface area contributed by atoms with Crippen LogP contribution in [0.2, 0.25) is 0 Å². The van der Waals surface area contributed by atoms with Crippen LogP contribution in [0.15, 0.2) is 18.2 Å². The zero-order chi connectivity index (χ0) is 12.9. The Morgan fingerprint density at radius 2 is 2.06 bits per heavy atom. The van der Waals surface area contributed by atoms with Crippen LogP contribution in [0.3, 0.4) is 0 Å². The first-order valence-corrected chi connectivity index (χ1v) is 5.74. The van der Waals surface area contributed by atoms with Gasteiger partial charge in [-0.05, 0) is 31.0 Å². The van der Waals surface area contributed by atoms with Gasteiger partial charge in [0.15, 0.2) is 11.5 Å². The van der Waals surface area contributed by atoms with Crippen molar-refractivity contribution in [2.75, 3.05) is 20.3 Å². The molecular formula is C13H21NO3. The number of rotatable bonds is 6. The second kappa shape index (κ2) is 5.89. The molecule has 0 aromatic heterocycles. The summed E-state index contributed by atoms with van der Waals surface area (Å²) in [6.45, 7) is 4.02. The molecule has 0 fully saturated rings. The molecule has 3 N–H and O–H groups in total. The number of ether oxygens (including phenoxy) is 2. The van der Waals surface area contributed by atoms with Crippen LogP contribution in [0, 0.1) is 0 Å². The maximum Gasteiger partial charge on any atom is 0.161 e. The van der Waals surface area contributed by atoms with Crippen LogP contribution in [0.25, 0.3) is 0 Å². The van der Waals surface area contributed by atoms with Crippen LogP contribution >= 0.6 is 0 Å². The lowest BCUT2D eigenvalue weighted by Crippen LogP contribution is -2.40. The van der Waals surface area contributed by atoms with Gasteiger partial charge in [0.05, 0.1) is 7.11 Å². The molecule has 0 aliphatic heterocycles. The molecule has 0 saturated heterocycles. The van der Waals surface area contributed by atoms with Gasteiger partial charge >= 0.3 is 0 Å². The summed E-state index contributed by atoms with van der Waals surface area (Å²) < 4.78 is 10.8. The zero-order valence-electron chi connectivity index (χ0n) is 10.7. The van der Waals surface area contributed by atoms with E-state index in [-0.39, 0.29) is 13.2 Å². The van der Waals surface area contributed by atoms with Crippen molar-refractivity contribution >= 4 is 0 Å². The minimum absolute atomic E-state index is 0.144. The summed E-state index contributed by atoms with van der Waals surface area (Å²) in [7, 11) is 1.60. The second-order valence-electron chi connectivity index (χ2n) is 4.33. The number of methoxy groups -OCH3 is 1. The Hall–Kier alpha value is -1.26. The van der Waals surface area contributed by atoms with Gasteiger partial charge in [-0.2, -0.15) is 0 Å². The standard InChI is InChI=1S/C13H21NO3/c1-4-10-5-6-11(12(7-10)16-3)17-9-13(2,15)8-14/h5-7,15H,4,8-9,14H2,1-3H3. The van der Waals surface area contributed by atoms with Crippen molar-refractivity contribution in [3.05, 3.63) is 23.8 Å². The number of hydrogen-bond acceptors (Lipinski definition) is 4. The lowest BCUT2D eigenvalue weighted by molar-refractivity contribution is 0.0188. The van der Waals surface area contributed by atoms with E-state index >= 15 is 0 Å². The van der Waals surface area contributed by atoms with E-state index in [1.165, 1.54) is 5.56 Å². The highest BCUT2D eigenvalue weighted by Crippen LogP contribution is 2.28. The molecule has 1 rings (SSSR count). The van der Waals surface area contributed by atoms with Crippen molar-refractivity contribution in [1.29, 1.82) is 0 Å². The van der Waals surface area contributed by atoms with E-state index in [1.807, 2.05) is 18.2 Å². The van der Waals surface area contributed by atoms with Crippen molar-refractivity contribution in [2.45, 2.75) is 25.9 Å². The monoisotopic (exact) mass is 239 g/mol. The van der Waals surface area contributed by atoms with Gasteiger partial charge in [0.2, 0.25) is 0 Å². The van der Waals surface area contributed by atoms with Gasteiger partial charge in [0, 0.05) is 6.54 Å². The molecule has 0 saturated carbocycles. The largest absolute Gasteiger partial charge is 0.493 e. The SMILES string of the molecule is CCc1ccc(OCC(C)(O)CN)c(OC)c1. The molecule has 0 amide bonds. The Balaban J connectivity index is 2.77. The van der Waals surface area contributed by atoms with Crippen LogP contribution in [0.5, 0.6) is 11.5 Å². The normalized spacial score (nSPS) is 14.2. The van der Waals surface area contributed by atoms with Crippen LogP contribution in [-0.2, 0) is 6.42 Å². The van der Waals surface area contributed by atoms with E-state index in [0.717, 1.165) is 6.42 Å². The first-order chi connectivity index (χ1) is 8.02. The highest BCUT2D eigenvalue weighted by atomic mass is 16.5. The van der Waals surface area contributed by atoms with Gasteiger partial charge in [-0.3, -0.25) is 0 Å². The fourth-order valence-corrected chi connectivity index (χ4v) is 1.34. The van der Waals surface area contributed by atoms with Gasteiger partial charge in [-0.1, -0.05) is 13.0 Å². The van der Waals surface area contributed by atoms with E-state index in [4.69, 9.17) is 15.2 Å². The molecule has 1 aromatic rings. The summed E-state index contributed by atoms with van der Waals surface area (Å²) >= 11 is 0. The third-order valence-electron chi connectivity index (χ3n) is 2.61. The number of aliphatic hydroxyl groups is 1. The fraction of sp³-hybridized carbons (Fsp3) is 0.538. The smallest absolute Gasteiger partial charge is 0.161 e. The summed E-state index contributed by atoms with van der Waals surface area (Å²) in [5.74, 6) is 1.30. The van der Waals surface area contributed by atoms with Crippen LogP contribution < -0.4 is 15.2 Å². The number of aryl methyl sites for hydroxylation is 1. The molecule has 96 valence electrons.